The zero-order chi connectivity index (χ0) is 21.6. The molecule has 0 saturated heterocycles. The number of nitro groups is 1. The maximum atomic E-state index is 12.5. The maximum absolute atomic E-state index is 12.5. The summed E-state index contributed by atoms with van der Waals surface area (Å²) in [6, 6.07) is 10.8. The van der Waals surface area contributed by atoms with Gasteiger partial charge >= 0.3 is 5.97 Å². The summed E-state index contributed by atoms with van der Waals surface area (Å²) >= 11 is 5.88. The quantitative estimate of drug-likeness (QED) is 0.390. The van der Waals surface area contributed by atoms with Crippen LogP contribution in [-0.4, -0.2) is 30.5 Å². The van der Waals surface area contributed by atoms with Gasteiger partial charge in [-0.05, 0) is 35.7 Å². The van der Waals surface area contributed by atoms with Crippen molar-refractivity contribution in [3.05, 3.63) is 63.2 Å². The molecule has 0 saturated carbocycles. The molecule has 0 aliphatic rings. The summed E-state index contributed by atoms with van der Waals surface area (Å²) < 4.78 is 10.1. The first-order chi connectivity index (χ1) is 13.7. The van der Waals surface area contributed by atoms with Gasteiger partial charge in [0.2, 0.25) is 0 Å². The monoisotopic (exact) mass is 420 g/mol. The number of nitro benzene ring substituents is 1. The number of benzene rings is 2. The molecule has 0 spiro atoms. The standard InChI is InChI=1S/C20H21ClN2O6/c1-12(2)19(13-4-6-14(21)7-5-13)20(25)29-11-18(24)22-16-9-8-15(28-3)10-17(16)23(26)27/h4-10,12,19H,11H2,1-3H3,(H,22,24)/t19-/m1/s1. The normalized spacial score (nSPS) is 11.6. The summed E-state index contributed by atoms with van der Waals surface area (Å²) in [6.45, 7) is 3.15. The number of hydrogen-bond donors (Lipinski definition) is 1. The third kappa shape index (κ3) is 5.92. The highest BCUT2D eigenvalue weighted by Crippen LogP contribution is 2.29. The average molecular weight is 421 g/mol. The third-order valence-corrected chi connectivity index (χ3v) is 4.42. The van der Waals surface area contributed by atoms with Gasteiger partial charge in [-0.1, -0.05) is 37.6 Å². The second-order valence-corrected chi connectivity index (χ2v) is 7.01. The second kappa shape index (κ2) is 9.88. The van der Waals surface area contributed by atoms with Gasteiger partial charge in [0.25, 0.3) is 11.6 Å². The smallest absolute Gasteiger partial charge is 0.314 e. The number of ether oxygens (including phenoxy) is 2. The molecule has 0 bridgehead atoms. The third-order valence-electron chi connectivity index (χ3n) is 4.17. The lowest BCUT2D eigenvalue weighted by Crippen LogP contribution is -2.26. The fourth-order valence-electron chi connectivity index (χ4n) is 2.77. The van der Waals surface area contributed by atoms with Crippen LogP contribution in [0.3, 0.4) is 0 Å². The van der Waals surface area contributed by atoms with Gasteiger partial charge in [-0.15, -0.1) is 0 Å². The molecule has 2 aromatic rings. The Bertz CT molecular complexity index is 898. The minimum absolute atomic E-state index is 0.0186. The molecule has 0 fully saturated rings. The van der Waals surface area contributed by atoms with E-state index in [1.165, 1.54) is 25.3 Å². The average Bonchev–Trinajstić information content (AvgIpc) is 2.68. The van der Waals surface area contributed by atoms with Crippen molar-refractivity contribution in [2.24, 2.45) is 5.92 Å². The fraction of sp³-hybridized carbons (Fsp3) is 0.300. The lowest BCUT2D eigenvalue weighted by Gasteiger charge is -2.20. The van der Waals surface area contributed by atoms with Crippen molar-refractivity contribution in [2.75, 3.05) is 19.0 Å². The van der Waals surface area contributed by atoms with Crippen LogP contribution in [0.2, 0.25) is 5.02 Å². The van der Waals surface area contributed by atoms with Crippen molar-refractivity contribution >= 4 is 34.9 Å². The summed E-state index contributed by atoms with van der Waals surface area (Å²) in [5, 5.41) is 14.1. The molecule has 1 N–H and O–H groups in total. The zero-order valence-electron chi connectivity index (χ0n) is 16.2. The number of anilines is 1. The molecule has 2 aromatic carbocycles. The summed E-state index contributed by atoms with van der Waals surface area (Å²) in [7, 11) is 1.38. The van der Waals surface area contributed by atoms with Crippen LogP contribution >= 0.6 is 11.6 Å². The summed E-state index contributed by atoms with van der Waals surface area (Å²) in [5.41, 5.74) is 0.376. The van der Waals surface area contributed by atoms with E-state index in [9.17, 15) is 19.7 Å². The first kappa shape index (κ1) is 22.2. The molecule has 2 rings (SSSR count). The molecule has 0 unspecified atom stereocenters. The van der Waals surface area contributed by atoms with Crippen LogP contribution in [-0.2, 0) is 14.3 Å². The van der Waals surface area contributed by atoms with Crippen molar-refractivity contribution in [1.82, 2.24) is 0 Å². The van der Waals surface area contributed by atoms with Crippen LogP contribution < -0.4 is 10.1 Å². The molecule has 1 atom stereocenters. The Hall–Kier alpha value is -3.13. The largest absolute Gasteiger partial charge is 0.496 e. The van der Waals surface area contributed by atoms with E-state index in [1.807, 2.05) is 13.8 Å². The number of esters is 1. The van der Waals surface area contributed by atoms with Gasteiger partial charge in [-0.3, -0.25) is 19.7 Å². The number of rotatable bonds is 8. The number of halogens is 1. The van der Waals surface area contributed by atoms with Gasteiger partial charge in [0.1, 0.15) is 11.4 Å². The number of methoxy groups -OCH3 is 1. The first-order valence-corrected chi connectivity index (χ1v) is 9.15. The van der Waals surface area contributed by atoms with Crippen LogP contribution in [0.15, 0.2) is 42.5 Å². The van der Waals surface area contributed by atoms with Gasteiger partial charge in [0.15, 0.2) is 6.61 Å². The van der Waals surface area contributed by atoms with Crippen molar-refractivity contribution in [3.63, 3.8) is 0 Å². The van der Waals surface area contributed by atoms with E-state index in [0.717, 1.165) is 5.56 Å². The molecule has 0 aliphatic heterocycles. The van der Waals surface area contributed by atoms with Crippen LogP contribution in [0.5, 0.6) is 5.75 Å². The number of nitrogens with one attached hydrogen (secondary N) is 1. The molecule has 8 nitrogen and oxygen atoms in total. The molecule has 0 heterocycles. The number of amides is 1. The first-order valence-electron chi connectivity index (χ1n) is 8.77. The van der Waals surface area contributed by atoms with Gasteiger partial charge in [0.05, 0.1) is 24.0 Å². The molecule has 1 amide bonds. The Labute approximate surface area is 172 Å². The highest BCUT2D eigenvalue weighted by atomic mass is 35.5. The van der Waals surface area contributed by atoms with Gasteiger partial charge in [0, 0.05) is 5.02 Å². The van der Waals surface area contributed by atoms with Gasteiger partial charge in [-0.25, -0.2) is 0 Å². The molecule has 0 aliphatic carbocycles. The molecule has 0 aromatic heterocycles. The van der Waals surface area contributed by atoms with E-state index in [0.29, 0.717) is 5.02 Å². The van der Waals surface area contributed by atoms with E-state index in [4.69, 9.17) is 21.1 Å². The van der Waals surface area contributed by atoms with Gasteiger partial charge in [-0.2, -0.15) is 0 Å². The van der Waals surface area contributed by atoms with Crippen LogP contribution in [0.4, 0.5) is 11.4 Å². The highest BCUT2D eigenvalue weighted by Gasteiger charge is 2.26. The Morgan fingerprint density at radius 3 is 2.38 bits per heavy atom. The Morgan fingerprint density at radius 1 is 1.17 bits per heavy atom. The molecule has 0 radical (unpaired) electrons. The lowest BCUT2D eigenvalue weighted by atomic mass is 9.88. The Balaban J connectivity index is 2.05. The summed E-state index contributed by atoms with van der Waals surface area (Å²) in [5.74, 6) is -1.62. The zero-order valence-corrected chi connectivity index (χ0v) is 16.9. The lowest BCUT2D eigenvalue weighted by molar-refractivity contribution is -0.384. The molecular formula is C20H21ClN2O6. The highest BCUT2D eigenvalue weighted by molar-refractivity contribution is 6.30. The van der Waals surface area contributed by atoms with E-state index in [2.05, 4.69) is 5.32 Å². The van der Waals surface area contributed by atoms with Crippen LogP contribution in [0.1, 0.15) is 25.3 Å². The Kier molecular flexibility index (Phi) is 7.55. The minimum atomic E-state index is -0.690. The van der Waals surface area contributed by atoms with E-state index in [1.54, 1.807) is 24.3 Å². The number of carbonyl (C=O) groups excluding carboxylic acids is 2. The van der Waals surface area contributed by atoms with Crippen molar-refractivity contribution in [3.8, 4) is 5.75 Å². The number of nitrogens with zero attached hydrogens (tertiary/aromatic N) is 1. The minimum Gasteiger partial charge on any atom is -0.496 e. The van der Waals surface area contributed by atoms with Crippen LogP contribution in [0, 0.1) is 16.0 Å². The second-order valence-electron chi connectivity index (χ2n) is 6.57. The van der Waals surface area contributed by atoms with Crippen molar-refractivity contribution < 1.29 is 24.0 Å². The molecule has 29 heavy (non-hydrogen) atoms. The van der Waals surface area contributed by atoms with E-state index >= 15 is 0 Å². The number of carbonyl (C=O) groups is 2. The summed E-state index contributed by atoms with van der Waals surface area (Å²) in [4.78, 5) is 35.2. The fourth-order valence-corrected chi connectivity index (χ4v) is 2.90. The van der Waals surface area contributed by atoms with Crippen LogP contribution in [0.25, 0.3) is 0 Å². The molecular weight excluding hydrogens is 400 g/mol. The van der Waals surface area contributed by atoms with Crippen molar-refractivity contribution in [2.45, 2.75) is 19.8 Å². The number of hydrogen-bond acceptors (Lipinski definition) is 6. The SMILES string of the molecule is COc1ccc(NC(=O)COC(=O)[C@@H](c2ccc(Cl)cc2)C(C)C)c([N+](=O)[O-])c1. The van der Waals surface area contributed by atoms with Crippen molar-refractivity contribution in [1.29, 1.82) is 0 Å². The Morgan fingerprint density at radius 2 is 1.83 bits per heavy atom. The van der Waals surface area contributed by atoms with Gasteiger partial charge < -0.3 is 14.8 Å². The van der Waals surface area contributed by atoms with E-state index in [-0.39, 0.29) is 23.0 Å². The topological polar surface area (TPSA) is 108 Å². The predicted octanol–water partition coefficient (Wildman–Crippen LogP) is 4.18. The maximum Gasteiger partial charge on any atom is 0.314 e. The molecule has 154 valence electrons. The summed E-state index contributed by atoms with van der Waals surface area (Å²) in [6.07, 6.45) is 0. The van der Waals surface area contributed by atoms with E-state index < -0.39 is 29.3 Å². The predicted molar refractivity (Wildman–Crippen MR) is 108 cm³/mol. The molecule has 9 heteroatoms.